The molecule has 0 N–H and O–H groups in total. The lowest BCUT2D eigenvalue weighted by molar-refractivity contribution is 0.144. The van der Waals surface area contributed by atoms with Gasteiger partial charge in [-0.1, -0.05) is 6.07 Å². The molecule has 6 heteroatoms. The molecule has 0 amide bonds. The topological polar surface area (TPSA) is 50.1 Å². The zero-order valence-corrected chi connectivity index (χ0v) is 14.6. The summed E-state index contributed by atoms with van der Waals surface area (Å²) in [7, 11) is 0. The predicted molar refractivity (Wildman–Crippen MR) is 96.2 cm³/mol. The number of fused-ring (bicyclic) bond motifs is 1. The number of hydrogen-bond acceptors (Lipinski definition) is 5. The van der Waals surface area contributed by atoms with Gasteiger partial charge in [0, 0.05) is 37.9 Å². The summed E-state index contributed by atoms with van der Waals surface area (Å²) in [5.74, 6) is 2.81. The Morgan fingerprint density at radius 1 is 1.12 bits per heavy atom. The number of anilines is 1. The van der Waals surface area contributed by atoms with E-state index in [0.717, 1.165) is 43.3 Å². The Hall–Kier alpha value is -1.95. The van der Waals surface area contributed by atoms with Crippen LogP contribution in [0.2, 0.25) is 0 Å². The Kier molecular flexibility index (Phi) is 3.93. The van der Waals surface area contributed by atoms with Crippen LogP contribution in [0.3, 0.4) is 0 Å². The molecule has 2 aromatic rings. The molecule has 3 atom stereocenters. The summed E-state index contributed by atoms with van der Waals surface area (Å²) in [4.78, 5) is 14.0. The van der Waals surface area contributed by atoms with E-state index in [0.29, 0.717) is 6.04 Å². The third kappa shape index (κ3) is 3.15. The van der Waals surface area contributed by atoms with Gasteiger partial charge in [-0.15, -0.1) is 0 Å². The van der Waals surface area contributed by atoms with Gasteiger partial charge >= 0.3 is 0 Å². The maximum Gasteiger partial charge on any atom is 0.137 e. The van der Waals surface area contributed by atoms with E-state index in [2.05, 4.69) is 37.0 Å². The number of aromatic nitrogens is 4. The van der Waals surface area contributed by atoms with Crippen LogP contribution in [0.4, 0.5) is 5.82 Å². The first-order chi connectivity index (χ1) is 12.4. The third-order valence-electron chi connectivity index (χ3n) is 6.17. The highest BCUT2D eigenvalue weighted by atomic mass is 15.4. The molecule has 4 heterocycles. The van der Waals surface area contributed by atoms with Crippen LogP contribution < -0.4 is 4.90 Å². The Morgan fingerprint density at radius 3 is 2.84 bits per heavy atom. The largest absolute Gasteiger partial charge is 0.356 e. The van der Waals surface area contributed by atoms with E-state index in [-0.39, 0.29) is 0 Å². The predicted octanol–water partition coefficient (Wildman–Crippen LogP) is 2.05. The monoisotopic (exact) mass is 338 g/mol. The van der Waals surface area contributed by atoms with E-state index in [4.69, 9.17) is 0 Å². The molecule has 2 aliphatic heterocycles. The second-order valence-electron chi connectivity index (χ2n) is 7.90. The molecule has 132 valence electrons. The van der Waals surface area contributed by atoms with Crippen LogP contribution in [0.25, 0.3) is 0 Å². The molecule has 0 spiro atoms. The van der Waals surface area contributed by atoms with Crippen molar-refractivity contribution in [2.45, 2.75) is 44.3 Å². The standard InChI is InChI=1S/C19H26N6/c1-2-7-21-19(3-1)23-8-6-18-16(11-23)9-17(12-24-14-20-13-22-24)25(18)10-15-4-5-15/h1-3,7,13-18H,4-6,8-12H2/t16-,17+,18+/m1/s1. The zero-order valence-electron chi connectivity index (χ0n) is 14.6. The van der Waals surface area contributed by atoms with Gasteiger partial charge in [-0.05, 0) is 49.7 Å². The average molecular weight is 338 g/mol. The molecule has 1 saturated carbocycles. The van der Waals surface area contributed by atoms with Crippen LogP contribution in [0.15, 0.2) is 37.1 Å². The van der Waals surface area contributed by atoms with Crippen LogP contribution in [0, 0.1) is 11.8 Å². The van der Waals surface area contributed by atoms with Crippen molar-refractivity contribution in [1.29, 1.82) is 0 Å². The normalized spacial score (nSPS) is 29.8. The van der Waals surface area contributed by atoms with Gasteiger partial charge in [0.15, 0.2) is 0 Å². The molecule has 2 saturated heterocycles. The molecule has 0 radical (unpaired) electrons. The van der Waals surface area contributed by atoms with Crippen molar-refractivity contribution >= 4 is 5.82 Å². The van der Waals surface area contributed by atoms with E-state index in [1.165, 1.54) is 32.2 Å². The molecule has 1 aliphatic carbocycles. The number of pyridine rings is 1. The smallest absolute Gasteiger partial charge is 0.137 e. The lowest BCUT2D eigenvalue weighted by Crippen LogP contribution is -2.48. The molecule has 0 unspecified atom stereocenters. The van der Waals surface area contributed by atoms with Gasteiger partial charge in [0.25, 0.3) is 0 Å². The fraction of sp³-hybridized carbons (Fsp3) is 0.632. The summed E-state index contributed by atoms with van der Waals surface area (Å²) >= 11 is 0. The second-order valence-corrected chi connectivity index (χ2v) is 7.90. The number of rotatable bonds is 5. The molecule has 3 fully saturated rings. The van der Waals surface area contributed by atoms with E-state index >= 15 is 0 Å². The van der Waals surface area contributed by atoms with Gasteiger partial charge in [-0.3, -0.25) is 9.58 Å². The summed E-state index contributed by atoms with van der Waals surface area (Å²) < 4.78 is 2.01. The highest BCUT2D eigenvalue weighted by Gasteiger charge is 2.45. The lowest BCUT2D eigenvalue weighted by Gasteiger charge is -2.39. The van der Waals surface area contributed by atoms with Gasteiger partial charge in [0.05, 0.1) is 6.54 Å². The Labute approximate surface area is 148 Å². The molecule has 25 heavy (non-hydrogen) atoms. The van der Waals surface area contributed by atoms with Gasteiger partial charge < -0.3 is 4.90 Å². The number of hydrogen-bond donors (Lipinski definition) is 0. The number of nitrogens with zero attached hydrogens (tertiary/aromatic N) is 6. The summed E-state index contributed by atoms with van der Waals surface area (Å²) in [6.07, 6.45) is 10.8. The first kappa shape index (κ1) is 15.3. The van der Waals surface area contributed by atoms with E-state index in [1.807, 2.05) is 23.3 Å². The quantitative estimate of drug-likeness (QED) is 0.835. The summed E-state index contributed by atoms with van der Waals surface area (Å²) in [5, 5.41) is 4.35. The number of likely N-dealkylation sites (tertiary alicyclic amines) is 1. The summed E-state index contributed by atoms with van der Waals surface area (Å²) in [6.45, 7) is 4.51. The van der Waals surface area contributed by atoms with E-state index in [9.17, 15) is 0 Å². The summed E-state index contributed by atoms with van der Waals surface area (Å²) in [6, 6.07) is 7.56. The fourth-order valence-electron chi connectivity index (χ4n) is 4.80. The van der Waals surface area contributed by atoms with Crippen molar-refractivity contribution in [3.05, 3.63) is 37.1 Å². The first-order valence-corrected chi connectivity index (χ1v) is 9.61. The SMILES string of the molecule is c1ccc(N2CC[C@H]3[C@H](C[C@@H](Cn4cncn4)N3CC3CC3)C2)nc1. The molecule has 0 aromatic carbocycles. The van der Waals surface area contributed by atoms with E-state index in [1.54, 1.807) is 6.33 Å². The van der Waals surface area contributed by atoms with Crippen molar-refractivity contribution in [2.24, 2.45) is 11.8 Å². The van der Waals surface area contributed by atoms with Crippen molar-refractivity contribution < 1.29 is 0 Å². The van der Waals surface area contributed by atoms with Crippen LogP contribution >= 0.6 is 0 Å². The minimum absolute atomic E-state index is 0.598. The molecular weight excluding hydrogens is 312 g/mol. The molecule has 6 nitrogen and oxygen atoms in total. The Bertz CT molecular complexity index is 683. The highest BCUT2D eigenvalue weighted by Crippen LogP contribution is 2.40. The third-order valence-corrected chi connectivity index (χ3v) is 6.17. The van der Waals surface area contributed by atoms with Crippen molar-refractivity contribution in [2.75, 3.05) is 24.5 Å². The van der Waals surface area contributed by atoms with Crippen molar-refractivity contribution in [3.63, 3.8) is 0 Å². The second kappa shape index (κ2) is 6.41. The van der Waals surface area contributed by atoms with Crippen molar-refractivity contribution in [3.8, 4) is 0 Å². The fourth-order valence-corrected chi connectivity index (χ4v) is 4.80. The van der Waals surface area contributed by atoms with Crippen LogP contribution in [-0.2, 0) is 6.54 Å². The van der Waals surface area contributed by atoms with E-state index < -0.39 is 0 Å². The minimum Gasteiger partial charge on any atom is -0.356 e. The van der Waals surface area contributed by atoms with Crippen LogP contribution in [-0.4, -0.2) is 56.4 Å². The Balaban J connectivity index is 1.32. The van der Waals surface area contributed by atoms with Gasteiger partial charge in [0.1, 0.15) is 18.5 Å². The molecular formula is C19H26N6. The first-order valence-electron chi connectivity index (χ1n) is 9.61. The zero-order chi connectivity index (χ0) is 16.6. The maximum absolute atomic E-state index is 4.56. The molecule has 3 aliphatic rings. The number of piperidine rings is 1. The van der Waals surface area contributed by atoms with Crippen LogP contribution in [0.1, 0.15) is 25.7 Å². The molecule has 0 bridgehead atoms. The Morgan fingerprint density at radius 2 is 2.08 bits per heavy atom. The van der Waals surface area contributed by atoms with Gasteiger partial charge in [-0.25, -0.2) is 9.97 Å². The average Bonchev–Trinajstić information content (AvgIpc) is 3.21. The molecule has 5 rings (SSSR count). The van der Waals surface area contributed by atoms with Gasteiger partial charge in [0.2, 0.25) is 0 Å². The minimum atomic E-state index is 0.598. The lowest BCUT2D eigenvalue weighted by atomic mass is 9.92. The maximum atomic E-state index is 4.56. The van der Waals surface area contributed by atoms with Crippen LogP contribution in [0.5, 0.6) is 0 Å². The summed E-state index contributed by atoms with van der Waals surface area (Å²) in [5.41, 5.74) is 0. The molecule has 2 aromatic heterocycles. The van der Waals surface area contributed by atoms with Gasteiger partial charge in [-0.2, -0.15) is 5.10 Å². The highest BCUT2D eigenvalue weighted by molar-refractivity contribution is 5.38. The van der Waals surface area contributed by atoms with Crippen molar-refractivity contribution in [1.82, 2.24) is 24.6 Å².